The van der Waals surface area contributed by atoms with Gasteiger partial charge in [-0.2, -0.15) is 0 Å². The third-order valence-corrected chi connectivity index (χ3v) is 3.35. The first-order chi connectivity index (χ1) is 7.95. The Balaban J connectivity index is 2.87. The number of fused-ring (bicyclic) bond motifs is 1. The summed E-state index contributed by atoms with van der Waals surface area (Å²) >= 11 is 0. The fraction of sp³-hybridized carbons (Fsp3) is 0.308. The molecular formula is C13H16N2O2. The van der Waals surface area contributed by atoms with E-state index in [2.05, 4.69) is 0 Å². The van der Waals surface area contributed by atoms with E-state index in [4.69, 9.17) is 10.8 Å². The van der Waals surface area contributed by atoms with Crippen LogP contribution < -0.4 is 5.73 Å². The largest absolute Gasteiger partial charge is 0.480 e. The molecule has 4 heteroatoms. The SMILES string of the molecule is Cc1cccc2c1c(C(N)C(=O)O)c(C)n2C. The minimum atomic E-state index is -0.996. The fourth-order valence-electron chi connectivity index (χ4n) is 2.33. The molecule has 2 aromatic rings. The number of rotatable bonds is 2. The molecule has 3 N–H and O–H groups in total. The van der Waals surface area contributed by atoms with Crippen LogP contribution in [0.25, 0.3) is 10.9 Å². The Morgan fingerprint density at radius 1 is 1.41 bits per heavy atom. The highest BCUT2D eigenvalue weighted by Crippen LogP contribution is 2.31. The van der Waals surface area contributed by atoms with Crippen LogP contribution in [0.15, 0.2) is 18.2 Å². The number of carbonyl (C=O) groups is 1. The Morgan fingerprint density at radius 3 is 2.65 bits per heavy atom. The zero-order valence-corrected chi connectivity index (χ0v) is 10.2. The van der Waals surface area contributed by atoms with Crippen molar-refractivity contribution in [3.05, 3.63) is 35.0 Å². The third-order valence-electron chi connectivity index (χ3n) is 3.35. The van der Waals surface area contributed by atoms with Crippen molar-refractivity contribution >= 4 is 16.9 Å². The van der Waals surface area contributed by atoms with Crippen LogP contribution in [0, 0.1) is 13.8 Å². The molecule has 1 atom stereocenters. The average Bonchev–Trinajstić information content (AvgIpc) is 2.53. The van der Waals surface area contributed by atoms with Crippen LogP contribution in [0.1, 0.15) is 22.9 Å². The monoisotopic (exact) mass is 232 g/mol. The van der Waals surface area contributed by atoms with Crippen molar-refractivity contribution in [2.45, 2.75) is 19.9 Å². The molecule has 1 aromatic heterocycles. The number of aliphatic carboxylic acids is 1. The second-order valence-corrected chi connectivity index (χ2v) is 4.34. The minimum absolute atomic E-state index is 0.716. The van der Waals surface area contributed by atoms with Gasteiger partial charge in [0.15, 0.2) is 0 Å². The van der Waals surface area contributed by atoms with Crippen LogP contribution in [0.4, 0.5) is 0 Å². The summed E-state index contributed by atoms with van der Waals surface area (Å²) in [5.41, 5.74) is 9.47. The van der Waals surface area contributed by atoms with Crippen molar-refractivity contribution in [3.8, 4) is 0 Å². The molecule has 17 heavy (non-hydrogen) atoms. The summed E-state index contributed by atoms with van der Waals surface area (Å²) in [4.78, 5) is 11.1. The van der Waals surface area contributed by atoms with E-state index in [-0.39, 0.29) is 0 Å². The van der Waals surface area contributed by atoms with Gasteiger partial charge in [-0.1, -0.05) is 12.1 Å². The zero-order chi connectivity index (χ0) is 12.7. The molecule has 0 amide bonds. The molecule has 4 nitrogen and oxygen atoms in total. The molecule has 0 fully saturated rings. The van der Waals surface area contributed by atoms with E-state index in [0.717, 1.165) is 22.2 Å². The van der Waals surface area contributed by atoms with E-state index in [1.807, 2.05) is 43.7 Å². The molecule has 0 aliphatic heterocycles. The highest BCUT2D eigenvalue weighted by atomic mass is 16.4. The molecule has 0 aliphatic carbocycles. The maximum absolute atomic E-state index is 11.1. The van der Waals surface area contributed by atoms with Crippen LogP contribution in [0.2, 0.25) is 0 Å². The van der Waals surface area contributed by atoms with E-state index < -0.39 is 12.0 Å². The van der Waals surface area contributed by atoms with Gasteiger partial charge in [0, 0.05) is 29.2 Å². The topological polar surface area (TPSA) is 68.2 Å². The van der Waals surface area contributed by atoms with E-state index in [0.29, 0.717) is 5.56 Å². The molecular weight excluding hydrogens is 216 g/mol. The Bertz CT molecular complexity index is 599. The first kappa shape index (κ1) is 11.7. The molecule has 1 heterocycles. The lowest BCUT2D eigenvalue weighted by molar-refractivity contribution is -0.138. The van der Waals surface area contributed by atoms with Crippen LogP contribution in [-0.4, -0.2) is 15.6 Å². The number of carboxylic acid groups (broad SMARTS) is 1. The predicted molar refractivity (Wildman–Crippen MR) is 67.0 cm³/mol. The standard InChI is InChI=1S/C13H16N2O2/c1-7-5-4-6-9-10(7)11(8(2)15(9)3)12(14)13(16)17/h4-6,12H,14H2,1-3H3,(H,16,17). The van der Waals surface area contributed by atoms with Crippen molar-refractivity contribution in [2.24, 2.45) is 12.8 Å². The van der Waals surface area contributed by atoms with Crippen molar-refractivity contribution in [2.75, 3.05) is 0 Å². The van der Waals surface area contributed by atoms with Gasteiger partial charge >= 0.3 is 5.97 Å². The Kier molecular flexibility index (Phi) is 2.67. The second-order valence-electron chi connectivity index (χ2n) is 4.34. The van der Waals surface area contributed by atoms with Gasteiger partial charge in [-0.25, -0.2) is 0 Å². The molecule has 1 aromatic carbocycles. The normalized spacial score (nSPS) is 12.9. The lowest BCUT2D eigenvalue weighted by Gasteiger charge is -2.08. The van der Waals surface area contributed by atoms with Crippen molar-refractivity contribution in [1.29, 1.82) is 0 Å². The number of aryl methyl sites for hydroxylation is 2. The molecule has 0 radical (unpaired) electrons. The summed E-state index contributed by atoms with van der Waals surface area (Å²) in [5.74, 6) is -0.996. The lowest BCUT2D eigenvalue weighted by Crippen LogP contribution is -2.21. The van der Waals surface area contributed by atoms with Crippen molar-refractivity contribution in [1.82, 2.24) is 4.57 Å². The van der Waals surface area contributed by atoms with Crippen molar-refractivity contribution in [3.63, 3.8) is 0 Å². The minimum Gasteiger partial charge on any atom is -0.480 e. The van der Waals surface area contributed by atoms with Gasteiger partial charge in [0.1, 0.15) is 6.04 Å². The fourth-order valence-corrected chi connectivity index (χ4v) is 2.33. The number of hydrogen-bond acceptors (Lipinski definition) is 2. The molecule has 90 valence electrons. The van der Waals surface area contributed by atoms with Crippen LogP contribution >= 0.6 is 0 Å². The van der Waals surface area contributed by atoms with Gasteiger partial charge < -0.3 is 15.4 Å². The Hall–Kier alpha value is -1.81. The van der Waals surface area contributed by atoms with Gasteiger partial charge in [0.25, 0.3) is 0 Å². The molecule has 1 unspecified atom stereocenters. The summed E-state index contributed by atoms with van der Waals surface area (Å²) in [6.07, 6.45) is 0. The van der Waals surface area contributed by atoms with Crippen LogP contribution in [0.5, 0.6) is 0 Å². The quantitative estimate of drug-likeness (QED) is 0.830. The van der Waals surface area contributed by atoms with Crippen molar-refractivity contribution < 1.29 is 9.90 Å². The van der Waals surface area contributed by atoms with Gasteiger partial charge in [-0.15, -0.1) is 0 Å². The average molecular weight is 232 g/mol. The Labute approximate surface area is 99.7 Å². The number of aromatic nitrogens is 1. The summed E-state index contributed by atoms with van der Waals surface area (Å²) in [6, 6.07) is 4.94. The second kappa shape index (κ2) is 3.89. The smallest absolute Gasteiger partial charge is 0.325 e. The summed E-state index contributed by atoms with van der Waals surface area (Å²) in [6.45, 7) is 3.87. The third kappa shape index (κ3) is 1.61. The van der Waals surface area contributed by atoms with Gasteiger partial charge in [-0.3, -0.25) is 4.79 Å². The zero-order valence-electron chi connectivity index (χ0n) is 10.2. The maximum Gasteiger partial charge on any atom is 0.325 e. The van der Waals surface area contributed by atoms with E-state index in [9.17, 15) is 4.79 Å². The van der Waals surface area contributed by atoms with Gasteiger partial charge in [0.05, 0.1) is 0 Å². The molecule has 0 aliphatic rings. The number of benzene rings is 1. The maximum atomic E-state index is 11.1. The van der Waals surface area contributed by atoms with Gasteiger partial charge in [0.2, 0.25) is 0 Å². The Morgan fingerprint density at radius 2 is 2.06 bits per heavy atom. The highest BCUT2D eigenvalue weighted by molar-refractivity contribution is 5.93. The number of hydrogen-bond donors (Lipinski definition) is 2. The highest BCUT2D eigenvalue weighted by Gasteiger charge is 2.23. The van der Waals surface area contributed by atoms with E-state index in [1.165, 1.54) is 0 Å². The number of carboxylic acids is 1. The molecule has 0 saturated carbocycles. The summed E-state index contributed by atoms with van der Waals surface area (Å²) in [7, 11) is 1.93. The number of nitrogens with zero attached hydrogens (tertiary/aromatic N) is 1. The van der Waals surface area contributed by atoms with Crippen LogP contribution in [-0.2, 0) is 11.8 Å². The van der Waals surface area contributed by atoms with E-state index in [1.54, 1.807) is 0 Å². The lowest BCUT2D eigenvalue weighted by atomic mass is 10.0. The number of nitrogens with two attached hydrogens (primary N) is 1. The first-order valence-corrected chi connectivity index (χ1v) is 5.48. The molecule has 0 spiro atoms. The molecule has 2 rings (SSSR count). The van der Waals surface area contributed by atoms with Gasteiger partial charge in [-0.05, 0) is 25.5 Å². The predicted octanol–water partition coefficient (Wildman–Crippen LogP) is 1.88. The van der Waals surface area contributed by atoms with Crippen LogP contribution in [0.3, 0.4) is 0 Å². The molecule has 0 saturated heterocycles. The summed E-state index contributed by atoms with van der Waals surface area (Å²) < 4.78 is 1.99. The summed E-state index contributed by atoms with van der Waals surface area (Å²) in [5, 5.41) is 10.0. The first-order valence-electron chi connectivity index (χ1n) is 5.48. The van der Waals surface area contributed by atoms with E-state index >= 15 is 0 Å². The molecule has 0 bridgehead atoms.